The zero-order valence-electron chi connectivity index (χ0n) is 29.4. The van der Waals surface area contributed by atoms with Crippen molar-refractivity contribution < 1.29 is 9.18 Å². The summed E-state index contributed by atoms with van der Waals surface area (Å²) in [5.41, 5.74) is 13.2. The molecule has 0 aliphatic carbocycles. The van der Waals surface area contributed by atoms with Gasteiger partial charge in [0.15, 0.2) is 0 Å². The molecule has 1 atom stereocenters. The van der Waals surface area contributed by atoms with Crippen LogP contribution in [0.4, 0.5) is 4.39 Å². The number of fused-ring (bicyclic) bond motifs is 1. The normalized spacial score (nSPS) is 14.9. The molecule has 4 aromatic heterocycles. The van der Waals surface area contributed by atoms with Gasteiger partial charge in [-0.15, -0.1) is 11.3 Å². The summed E-state index contributed by atoms with van der Waals surface area (Å²) in [5, 5.41) is 5.44. The number of benzene rings is 4. The molecule has 0 saturated carbocycles. The average molecular weight is 729 g/mol. The van der Waals surface area contributed by atoms with Gasteiger partial charge in [-0.2, -0.15) is 5.10 Å². The first-order valence-corrected chi connectivity index (χ1v) is 18.9. The Morgan fingerprint density at radius 1 is 0.778 bits per heavy atom. The van der Waals surface area contributed by atoms with E-state index in [1.807, 2.05) is 30.5 Å². The number of likely N-dealkylation sites (tertiary alicyclic amines) is 1. The number of nitrogens with zero attached hydrogens (tertiary/aromatic N) is 5. The predicted molar refractivity (Wildman–Crippen MR) is 212 cm³/mol. The first-order valence-electron chi connectivity index (χ1n) is 18.1. The van der Waals surface area contributed by atoms with Gasteiger partial charge < -0.3 is 5.73 Å². The van der Waals surface area contributed by atoms with E-state index in [0.29, 0.717) is 6.54 Å². The fraction of sp³-hybridized carbons (Fsp3) is 0.133. The number of carbonyl (C=O) groups excluding carboxylic acids is 1. The number of thiophene rings is 1. The number of carbonyl (C=O) groups is 1. The van der Waals surface area contributed by atoms with E-state index >= 15 is 0 Å². The number of hydrogen-bond acceptors (Lipinski definition) is 5. The van der Waals surface area contributed by atoms with Crippen LogP contribution in [-0.4, -0.2) is 42.6 Å². The summed E-state index contributed by atoms with van der Waals surface area (Å²) < 4.78 is 18.5. The Bertz CT molecular complexity index is 2470. The van der Waals surface area contributed by atoms with Crippen molar-refractivity contribution in [2.75, 3.05) is 6.54 Å². The zero-order valence-corrected chi connectivity index (χ0v) is 30.2. The molecule has 0 spiro atoms. The van der Waals surface area contributed by atoms with Gasteiger partial charge in [0.1, 0.15) is 22.7 Å². The quantitative estimate of drug-likeness (QED) is 0.143. The first-order chi connectivity index (χ1) is 26.5. The number of halogens is 1. The summed E-state index contributed by atoms with van der Waals surface area (Å²) in [5.74, 6) is -0.558. The highest BCUT2D eigenvalue weighted by Crippen LogP contribution is 2.43. The SMILES string of the molecule is NC(=O)C1CCCN1Cc1ccc(-c2cnc3ccc(-c4cn(C(c5ccccc5)(c5ccccc5)c5ccccc5)nc4-c4ccc(F)cc4)cn23)s1. The summed E-state index contributed by atoms with van der Waals surface area (Å²) in [7, 11) is 0. The maximum absolute atomic E-state index is 14.3. The topological polar surface area (TPSA) is 81.5 Å². The molecule has 1 fully saturated rings. The van der Waals surface area contributed by atoms with Crippen molar-refractivity contribution in [3.8, 4) is 33.0 Å². The van der Waals surface area contributed by atoms with Crippen LogP contribution in [0.1, 0.15) is 34.4 Å². The minimum absolute atomic E-state index is 0.213. The molecular weight excluding hydrogens is 692 g/mol. The van der Waals surface area contributed by atoms with Gasteiger partial charge in [0, 0.05) is 40.5 Å². The van der Waals surface area contributed by atoms with Crippen LogP contribution in [0.3, 0.4) is 0 Å². The lowest BCUT2D eigenvalue weighted by atomic mass is 9.77. The van der Waals surface area contributed by atoms with Gasteiger partial charge >= 0.3 is 0 Å². The van der Waals surface area contributed by atoms with Crippen LogP contribution in [-0.2, 0) is 16.9 Å². The van der Waals surface area contributed by atoms with Gasteiger partial charge in [0.25, 0.3) is 0 Å². The Hall–Kier alpha value is -6.16. The number of amides is 1. The molecule has 0 radical (unpaired) electrons. The number of rotatable bonds is 10. The van der Waals surface area contributed by atoms with Gasteiger partial charge in [0.05, 0.1) is 22.8 Å². The molecule has 1 amide bonds. The summed E-state index contributed by atoms with van der Waals surface area (Å²) in [6, 6.07) is 46.0. The molecule has 54 heavy (non-hydrogen) atoms. The largest absolute Gasteiger partial charge is 0.368 e. The predicted octanol–water partition coefficient (Wildman–Crippen LogP) is 9.02. The molecule has 1 unspecified atom stereocenters. The van der Waals surface area contributed by atoms with Gasteiger partial charge in [0.2, 0.25) is 5.91 Å². The highest BCUT2D eigenvalue weighted by molar-refractivity contribution is 7.15. The van der Waals surface area contributed by atoms with Gasteiger partial charge in [-0.3, -0.25) is 18.8 Å². The van der Waals surface area contributed by atoms with E-state index in [0.717, 1.165) is 74.7 Å². The Kier molecular flexibility index (Phi) is 8.73. The van der Waals surface area contributed by atoms with E-state index < -0.39 is 5.54 Å². The van der Waals surface area contributed by atoms with Gasteiger partial charge in [-0.1, -0.05) is 91.0 Å². The fourth-order valence-corrected chi connectivity index (χ4v) is 9.01. The summed E-state index contributed by atoms with van der Waals surface area (Å²) >= 11 is 1.70. The Morgan fingerprint density at radius 3 is 2.04 bits per heavy atom. The van der Waals surface area contributed by atoms with Gasteiger partial charge in [-0.05, 0) is 84.6 Å². The van der Waals surface area contributed by atoms with Crippen molar-refractivity contribution in [2.24, 2.45) is 5.73 Å². The van der Waals surface area contributed by atoms with Crippen LogP contribution in [0, 0.1) is 5.82 Å². The second-order valence-electron chi connectivity index (χ2n) is 13.7. The number of aromatic nitrogens is 4. The monoisotopic (exact) mass is 728 g/mol. The van der Waals surface area contributed by atoms with Crippen molar-refractivity contribution in [3.63, 3.8) is 0 Å². The number of pyridine rings is 1. The standard InChI is InChI=1S/C45H37FN6OS/c46-36-21-18-31(19-22-36)43-38(30-52(49-43)45(33-11-4-1-5-12-33,34-13-6-2-7-14-34)35-15-8-3-9-16-35)32-20-25-42-48-27-40(51(42)28-32)41-24-23-37(54-41)29-50-26-10-17-39(50)44(47)53/h1-9,11-16,18-25,27-28,30,39H,10,17,26,29H2,(H2,47,53). The van der Waals surface area contributed by atoms with E-state index in [1.54, 1.807) is 23.5 Å². The van der Waals surface area contributed by atoms with E-state index in [-0.39, 0.29) is 17.8 Å². The van der Waals surface area contributed by atoms with Crippen molar-refractivity contribution in [1.82, 2.24) is 24.1 Å². The first kappa shape index (κ1) is 33.7. The molecule has 1 saturated heterocycles. The molecular formula is C45H37FN6OS. The fourth-order valence-electron chi connectivity index (χ4n) is 7.97. The highest BCUT2D eigenvalue weighted by atomic mass is 32.1. The van der Waals surface area contributed by atoms with Crippen molar-refractivity contribution in [2.45, 2.75) is 31.0 Å². The third-order valence-corrected chi connectivity index (χ3v) is 11.6. The van der Waals surface area contributed by atoms with Crippen molar-refractivity contribution in [1.29, 1.82) is 0 Å². The molecule has 266 valence electrons. The van der Waals surface area contributed by atoms with E-state index in [9.17, 15) is 9.18 Å². The summed E-state index contributed by atoms with van der Waals surface area (Å²) in [6.45, 7) is 1.55. The van der Waals surface area contributed by atoms with Crippen molar-refractivity contribution >= 4 is 22.9 Å². The molecule has 9 heteroatoms. The Balaban J connectivity index is 1.21. The van der Waals surface area contributed by atoms with Crippen LogP contribution in [0.25, 0.3) is 38.6 Å². The van der Waals surface area contributed by atoms with E-state index in [1.165, 1.54) is 17.0 Å². The second-order valence-corrected chi connectivity index (χ2v) is 14.9. The number of primary amides is 1. The zero-order chi connectivity index (χ0) is 36.6. The van der Waals surface area contributed by atoms with E-state index in [4.69, 9.17) is 15.8 Å². The minimum atomic E-state index is -0.836. The van der Waals surface area contributed by atoms with Crippen LogP contribution in [0.5, 0.6) is 0 Å². The smallest absolute Gasteiger partial charge is 0.234 e. The Morgan fingerprint density at radius 2 is 1.41 bits per heavy atom. The maximum Gasteiger partial charge on any atom is 0.234 e. The molecule has 5 heterocycles. The molecule has 7 nitrogen and oxygen atoms in total. The maximum atomic E-state index is 14.3. The molecule has 9 rings (SSSR count). The number of hydrogen-bond donors (Lipinski definition) is 1. The lowest BCUT2D eigenvalue weighted by Crippen LogP contribution is -2.39. The molecule has 1 aliphatic rings. The lowest BCUT2D eigenvalue weighted by Gasteiger charge is -2.36. The average Bonchev–Trinajstić information content (AvgIpc) is 4.04. The molecule has 0 bridgehead atoms. The van der Waals surface area contributed by atoms with E-state index in [2.05, 4.69) is 117 Å². The summed E-state index contributed by atoms with van der Waals surface area (Å²) in [6.07, 6.45) is 7.93. The lowest BCUT2D eigenvalue weighted by molar-refractivity contribution is -0.122. The minimum Gasteiger partial charge on any atom is -0.368 e. The van der Waals surface area contributed by atoms with Crippen molar-refractivity contribution in [3.05, 3.63) is 186 Å². The second kappa shape index (κ2) is 14.0. The summed E-state index contributed by atoms with van der Waals surface area (Å²) in [4.78, 5) is 21.2. The van der Waals surface area contributed by atoms with Crippen LogP contribution in [0.15, 0.2) is 158 Å². The van der Waals surface area contributed by atoms with Crippen LogP contribution < -0.4 is 5.73 Å². The van der Waals surface area contributed by atoms with Crippen LogP contribution in [0.2, 0.25) is 0 Å². The molecule has 4 aromatic carbocycles. The number of nitrogens with two attached hydrogens (primary N) is 1. The highest BCUT2D eigenvalue weighted by Gasteiger charge is 2.40. The molecule has 1 aliphatic heterocycles. The third kappa shape index (κ3) is 5.91. The molecule has 2 N–H and O–H groups in total. The van der Waals surface area contributed by atoms with Gasteiger partial charge in [-0.25, -0.2) is 9.37 Å². The third-order valence-electron chi connectivity index (χ3n) is 10.5. The Labute approximate surface area is 316 Å². The van der Waals surface area contributed by atoms with Crippen LogP contribution >= 0.6 is 11.3 Å². The number of imidazole rings is 1. The molecule has 8 aromatic rings.